The molecule has 0 radical (unpaired) electrons. The first kappa shape index (κ1) is 19.9. The van der Waals surface area contributed by atoms with E-state index in [2.05, 4.69) is 15.3 Å². The van der Waals surface area contributed by atoms with Crippen molar-refractivity contribution in [2.45, 2.75) is 20.8 Å². The molecule has 0 spiro atoms. The maximum Gasteiger partial charge on any atom is 0.263 e. The second-order valence-corrected chi connectivity index (χ2v) is 7.76. The van der Waals surface area contributed by atoms with Crippen LogP contribution < -0.4 is 5.32 Å². The van der Waals surface area contributed by atoms with E-state index in [1.807, 2.05) is 31.2 Å². The van der Waals surface area contributed by atoms with Crippen LogP contribution in [-0.2, 0) is 0 Å². The number of aromatic nitrogens is 2. The van der Waals surface area contributed by atoms with Crippen molar-refractivity contribution in [3.63, 3.8) is 0 Å². The fraction of sp³-hybridized carbons (Fsp3) is 0.136. The van der Waals surface area contributed by atoms with Gasteiger partial charge in [-0.3, -0.25) is 10.1 Å². The van der Waals surface area contributed by atoms with Crippen molar-refractivity contribution in [2.24, 2.45) is 0 Å². The molecule has 2 aromatic heterocycles. The van der Waals surface area contributed by atoms with Gasteiger partial charge >= 0.3 is 0 Å². The highest BCUT2D eigenvalue weighted by Gasteiger charge is 2.23. The Bertz CT molecular complexity index is 1240. The molecule has 0 saturated heterocycles. The van der Waals surface area contributed by atoms with Gasteiger partial charge in [0.15, 0.2) is 16.8 Å². The summed E-state index contributed by atoms with van der Waals surface area (Å²) in [6, 6.07) is 11.1. The predicted octanol–water partition coefficient (Wildman–Crippen LogP) is 5.92. The van der Waals surface area contributed by atoms with Crippen LogP contribution in [0.15, 0.2) is 46.9 Å². The predicted molar refractivity (Wildman–Crippen MR) is 112 cm³/mol. The second kappa shape index (κ2) is 7.79. The van der Waals surface area contributed by atoms with Gasteiger partial charge in [-0.1, -0.05) is 47.2 Å². The number of amides is 1. The lowest BCUT2D eigenvalue weighted by atomic mass is 10.1. The zero-order chi connectivity index (χ0) is 21.4. The van der Waals surface area contributed by atoms with Gasteiger partial charge in [-0.15, -0.1) is 0 Å². The Morgan fingerprint density at radius 1 is 1.03 bits per heavy atom. The van der Waals surface area contributed by atoms with E-state index in [1.165, 1.54) is 17.4 Å². The Balaban J connectivity index is 1.79. The normalized spacial score (nSPS) is 11.0. The summed E-state index contributed by atoms with van der Waals surface area (Å²) in [6.07, 6.45) is 0. The molecule has 4 rings (SSSR count). The molecular formula is C22H17F2N3O2S. The summed E-state index contributed by atoms with van der Waals surface area (Å²) >= 11 is 1.19. The van der Waals surface area contributed by atoms with Crippen LogP contribution in [0.2, 0.25) is 0 Å². The number of rotatable bonds is 4. The molecule has 0 bridgehead atoms. The lowest BCUT2D eigenvalue weighted by Gasteiger charge is -2.04. The quantitative estimate of drug-likeness (QED) is 0.441. The zero-order valence-corrected chi connectivity index (χ0v) is 17.2. The standard InChI is InChI=1S/C22H17F2N3O2S/c1-11-6-4-7-14(10-11)20-18(19-12(2)25-13(3)29-19)26-22(30-20)27-21(28)17-15(23)8-5-9-16(17)24/h4-10H,1-3H3,(H,26,27,28). The molecule has 0 unspecified atom stereocenters. The summed E-state index contributed by atoms with van der Waals surface area (Å²) in [6.45, 7) is 5.51. The van der Waals surface area contributed by atoms with Crippen molar-refractivity contribution in [2.75, 3.05) is 5.32 Å². The number of anilines is 1. The molecule has 0 aliphatic rings. The molecule has 4 aromatic rings. The molecule has 0 saturated carbocycles. The summed E-state index contributed by atoms with van der Waals surface area (Å²) in [7, 11) is 0. The van der Waals surface area contributed by atoms with E-state index in [0.29, 0.717) is 23.0 Å². The average molecular weight is 425 g/mol. The summed E-state index contributed by atoms with van der Waals surface area (Å²) in [5.41, 5.74) is 2.45. The molecule has 2 heterocycles. The fourth-order valence-corrected chi connectivity index (χ4v) is 4.09. The van der Waals surface area contributed by atoms with Crippen molar-refractivity contribution in [3.05, 3.63) is 76.8 Å². The zero-order valence-electron chi connectivity index (χ0n) is 16.4. The molecule has 5 nitrogen and oxygen atoms in total. The van der Waals surface area contributed by atoms with Gasteiger partial charge in [-0.05, 0) is 31.5 Å². The minimum Gasteiger partial charge on any atom is -0.439 e. The summed E-state index contributed by atoms with van der Waals surface area (Å²) in [5, 5.41) is 2.70. The highest BCUT2D eigenvalue weighted by molar-refractivity contribution is 7.19. The first-order valence-corrected chi connectivity index (χ1v) is 9.92. The number of benzene rings is 2. The molecule has 2 aromatic carbocycles. The van der Waals surface area contributed by atoms with E-state index in [9.17, 15) is 13.6 Å². The highest BCUT2D eigenvalue weighted by atomic mass is 32.1. The summed E-state index contributed by atoms with van der Waals surface area (Å²) < 4.78 is 33.7. The number of carbonyl (C=O) groups excluding carboxylic acids is 1. The number of hydrogen-bond acceptors (Lipinski definition) is 5. The summed E-state index contributed by atoms with van der Waals surface area (Å²) in [4.78, 5) is 22.1. The van der Waals surface area contributed by atoms with E-state index in [0.717, 1.165) is 28.1 Å². The van der Waals surface area contributed by atoms with Crippen LogP contribution >= 0.6 is 11.3 Å². The van der Waals surface area contributed by atoms with Crippen LogP contribution in [-0.4, -0.2) is 15.9 Å². The first-order valence-electron chi connectivity index (χ1n) is 9.11. The van der Waals surface area contributed by atoms with Crippen LogP contribution in [0.5, 0.6) is 0 Å². The Kier molecular flexibility index (Phi) is 5.17. The third-order valence-electron chi connectivity index (χ3n) is 4.44. The van der Waals surface area contributed by atoms with Gasteiger partial charge in [-0.2, -0.15) is 0 Å². The number of carbonyl (C=O) groups is 1. The van der Waals surface area contributed by atoms with Crippen LogP contribution in [0.4, 0.5) is 13.9 Å². The van der Waals surface area contributed by atoms with E-state index in [1.54, 1.807) is 13.8 Å². The fourth-order valence-electron chi connectivity index (χ4n) is 3.13. The number of nitrogens with one attached hydrogen (secondary N) is 1. The van der Waals surface area contributed by atoms with Crippen LogP contribution in [0.1, 0.15) is 27.5 Å². The smallest absolute Gasteiger partial charge is 0.263 e. The van der Waals surface area contributed by atoms with Crippen molar-refractivity contribution in [3.8, 4) is 21.9 Å². The molecular weight excluding hydrogens is 408 g/mol. The van der Waals surface area contributed by atoms with E-state index in [4.69, 9.17) is 4.42 Å². The molecule has 0 aliphatic heterocycles. The molecule has 30 heavy (non-hydrogen) atoms. The van der Waals surface area contributed by atoms with Crippen LogP contribution in [0.25, 0.3) is 21.9 Å². The second-order valence-electron chi connectivity index (χ2n) is 6.76. The maximum atomic E-state index is 14.0. The first-order chi connectivity index (χ1) is 14.3. The van der Waals surface area contributed by atoms with Crippen molar-refractivity contribution in [1.82, 2.24) is 9.97 Å². The van der Waals surface area contributed by atoms with Gasteiger partial charge < -0.3 is 4.42 Å². The Morgan fingerprint density at radius 3 is 2.37 bits per heavy atom. The van der Waals surface area contributed by atoms with Gasteiger partial charge in [0.1, 0.15) is 22.9 Å². The number of aryl methyl sites for hydroxylation is 3. The molecule has 0 aliphatic carbocycles. The number of halogens is 2. The lowest BCUT2D eigenvalue weighted by Crippen LogP contribution is -2.15. The minimum atomic E-state index is -0.940. The van der Waals surface area contributed by atoms with Crippen molar-refractivity contribution < 1.29 is 18.0 Å². The molecule has 8 heteroatoms. The number of thiazole rings is 1. The maximum absolute atomic E-state index is 14.0. The van der Waals surface area contributed by atoms with Crippen LogP contribution in [0.3, 0.4) is 0 Å². The number of hydrogen-bond donors (Lipinski definition) is 1. The monoisotopic (exact) mass is 425 g/mol. The van der Waals surface area contributed by atoms with Gasteiger partial charge in [0.2, 0.25) is 0 Å². The van der Waals surface area contributed by atoms with Gasteiger partial charge in [0.05, 0.1) is 10.6 Å². The largest absolute Gasteiger partial charge is 0.439 e. The van der Waals surface area contributed by atoms with E-state index >= 15 is 0 Å². The molecule has 152 valence electrons. The topological polar surface area (TPSA) is 68.0 Å². The summed E-state index contributed by atoms with van der Waals surface area (Å²) in [5.74, 6) is -1.82. The third kappa shape index (κ3) is 3.73. The lowest BCUT2D eigenvalue weighted by molar-refractivity contribution is 0.101. The molecule has 0 atom stereocenters. The molecule has 1 amide bonds. The van der Waals surface area contributed by atoms with Gasteiger partial charge in [0, 0.05) is 6.92 Å². The van der Waals surface area contributed by atoms with Gasteiger partial charge in [-0.25, -0.2) is 18.7 Å². The molecule has 0 fully saturated rings. The van der Waals surface area contributed by atoms with Crippen molar-refractivity contribution in [1.29, 1.82) is 0 Å². The number of nitrogens with zero attached hydrogens (tertiary/aromatic N) is 2. The third-order valence-corrected chi connectivity index (χ3v) is 5.46. The SMILES string of the molecule is Cc1cccc(-c2sc(NC(=O)c3c(F)cccc3F)nc2-c2oc(C)nc2C)c1. The Hall–Kier alpha value is -3.39. The number of oxazole rings is 1. The minimum absolute atomic E-state index is 0.197. The average Bonchev–Trinajstić information content (AvgIpc) is 3.24. The Labute approximate surface area is 175 Å². The molecule has 1 N–H and O–H groups in total. The van der Waals surface area contributed by atoms with Crippen LogP contribution in [0, 0.1) is 32.4 Å². The van der Waals surface area contributed by atoms with E-state index in [-0.39, 0.29) is 5.13 Å². The Morgan fingerprint density at radius 2 is 1.73 bits per heavy atom. The van der Waals surface area contributed by atoms with Crippen molar-refractivity contribution >= 4 is 22.4 Å². The highest BCUT2D eigenvalue weighted by Crippen LogP contribution is 2.40. The van der Waals surface area contributed by atoms with E-state index < -0.39 is 23.1 Å². The van der Waals surface area contributed by atoms with Gasteiger partial charge in [0.25, 0.3) is 5.91 Å².